The summed E-state index contributed by atoms with van der Waals surface area (Å²) < 4.78 is 16.5. The van der Waals surface area contributed by atoms with Crippen LogP contribution in [0, 0.1) is 9.39 Å². The second-order valence-corrected chi connectivity index (χ2v) is 5.31. The number of nitrogens with one attached hydrogen (secondary N) is 1. The summed E-state index contributed by atoms with van der Waals surface area (Å²) in [7, 11) is 0. The second kappa shape index (κ2) is 6.29. The normalized spacial score (nSPS) is 10.8. The van der Waals surface area contributed by atoms with Crippen molar-refractivity contribution in [1.29, 1.82) is 0 Å². The van der Waals surface area contributed by atoms with Crippen molar-refractivity contribution in [3.05, 3.63) is 45.5 Å². The zero-order chi connectivity index (χ0) is 13.0. The van der Waals surface area contributed by atoms with Crippen molar-refractivity contribution >= 4 is 22.6 Å². The van der Waals surface area contributed by atoms with Gasteiger partial charge in [0.15, 0.2) is 0 Å². The maximum absolute atomic E-state index is 14.0. The highest BCUT2D eigenvalue weighted by Gasteiger charge is 2.06. The topological polar surface area (TPSA) is 29.9 Å². The first-order chi connectivity index (χ1) is 8.70. The van der Waals surface area contributed by atoms with Crippen LogP contribution in [0.15, 0.2) is 30.6 Å². The van der Waals surface area contributed by atoms with Crippen molar-refractivity contribution in [3.63, 3.8) is 0 Å². The second-order valence-electron chi connectivity index (χ2n) is 4.07. The summed E-state index contributed by atoms with van der Waals surface area (Å²) in [4.78, 5) is 0. The summed E-state index contributed by atoms with van der Waals surface area (Å²) in [6.45, 7) is 3.75. The van der Waals surface area contributed by atoms with Gasteiger partial charge in [0, 0.05) is 12.7 Å². The van der Waals surface area contributed by atoms with Crippen molar-refractivity contribution < 1.29 is 4.39 Å². The van der Waals surface area contributed by atoms with Gasteiger partial charge in [-0.15, -0.1) is 0 Å². The van der Waals surface area contributed by atoms with E-state index < -0.39 is 0 Å². The van der Waals surface area contributed by atoms with E-state index in [2.05, 4.69) is 39.9 Å². The maximum atomic E-state index is 14.0. The number of hydrogen-bond donors (Lipinski definition) is 1. The minimum absolute atomic E-state index is 0.245. The van der Waals surface area contributed by atoms with E-state index in [4.69, 9.17) is 0 Å². The molecule has 2 aromatic rings. The summed E-state index contributed by atoms with van der Waals surface area (Å²) >= 11 is 2.15. The average molecular weight is 359 g/mol. The first-order valence-corrected chi connectivity index (χ1v) is 6.98. The van der Waals surface area contributed by atoms with E-state index >= 15 is 0 Å². The third-order valence-electron chi connectivity index (χ3n) is 2.57. The van der Waals surface area contributed by atoms with Crippen LogP contribution in [0.2, 0.25) is 0 Å². The Morgan fingerprint density at radius 3 is 2.89 bits per heavy atom. The lowest BCUT2D eigenvalue weighted by Crippen LogP contribution is -2.14. The molecule has 1 N–H and O–H groups in total. The molecule has 0 unspecified atom stereocenters. The molecule has 3 nitrogen and oxygen atoms in total. The predicted octanol–water partition coefficient (Wildman–Crippen LogP) is 3.12. The van der Waals surface area contributed by atoms with E-state index in [1.807, 2.05) is 6.07 Å². The Balaban J connectivity index is 2.15. The molecule has 0 spiro atoms. The molecule has 0 aliphatic carbocycles. The molecule has 0 saturated carbocycles. The monoisotopic (exact) mass is 359 g/mol. The van der Waals surface area contributed by atoms with Crippen molar-refractivity contribution in [1.82, 2.24) is 15.1 Å². The molecule has 1 aromatic heterocycles. The first-order valence-electron chi connectivity index (χ1n) is 5.90. The molecule has 0 aliphatic heterocycles. The fourth-order valence-corrected chi connectivity index (χ4v) is 2.08. The zero-order valence-corrected chi connectivity index (χ0v) is 12.3. The van der Waals surface area contributed by atoms with Crippen molar-refractivity contribution in [2.45, 2.75) is 19.9 Å². The van der Waals surface area contributed by atoms with E-state index in [-0.39, 0.29) is 5.82 Å². The summed E-state index contributed by atoms with van der Waals surface area (Å²) in [6.07, 6.45) is 4.58. The molecule has 1 heterocycles. The van der Waals surface area contributed by atoms with E-state index in [0.717, 1.165) is 22.1 Å². The lowest BCUT2D eigenvalue weighted by atomic mass is 10.2. The fourth-order valence-electron chi connectivity index (χ4n) is 1.69. The van der Waals surface area contributed by atoms with Crippen LogP contribution >= 0.6 is 22.6 Å². The standard InChI is InChI=1S/C13H15FIN3/c1-2-5-16-7-10-3-4-13(12(14)6-10)18-9-11(15)8-17-18/h3-4,6,8-9,16H,2,5,7H2,1H3. The molecule has 0 fully saturated rings. The Morgan fingerprint density at radius 2 is 2.28 bits per heavy atom. The molecular weight excluding hydrogens is 344 g/mol. The number of aromatic nitrogens is 2. The molecule has 0 aliphatic rings. The molecule has 2 rings (SSSR count). The van der Waals surface area contributed by atoms with Crippen LogP contribution in [-0.4, -0.2) is 16.3 Å². The number of halogens is 2. The van der Waals surface area contributed by atoms with Crippen LogP contribution in [0.5, 0.6) is 0 Å². The highest BCUT2D eigenvalue weighted by Crippen LogP contribution is 2.15. The van der Waals surface area contributed by atoms with E-state index in [1.54, 1.807) is 29.2 Å². The van der Waals surface area contributed by atoms with Gasteiger partial charge in [-0.05, 0) is 53.3 Å². The molecule has 96 valence electrons. The SMILES string of the molecule is CCCNCc1ccc(-n2cc(I)cn2)c(F)c1. The summed E-state index contributed by atoms with van der Waals surface area (Å²) in [5.74, 6) is -0.245. The fraction of sp³-hybridized carbons (Fsp3) is 0.308. The van der Waals surface area contributed by atoms with Crippen molar-refractivity contribution in [2.24, 2.45) is 0 Å². The van der Waals surface area contributed by atoms with Gasteiger partial charge in [0.05, 0.1) is 9.77 Å². The molecular formula is C13H15FIN3. The largest absolute Gasteiger partial charge is 0.313 e. The molecule has 0 amide bonds. The average Bonchev–Trinajstić information content (AvgIpc) is 2.76. The van der Waals surface area contributed by atoms with Crippen molar-refractivity contribution in [3.8, 4) is 5.69 Å². The molecule has 18 heavy (non-hydrogen) atoms. The quantitative estimate of drug-likeness (QED) is 0.657. The van der Waals surface area contributed by atoms with E-state index in [9.17, 15) is 4.39 Å². The highest BCUT2D eigenvalue weighted by atomic mass is 127. The lowest BCUT2D eigenvalue weighted by molar-refractivity contribution is 0.604. The Bertz CT molecular complexity index is 525. The first kappa shape index (κ1) is 13.5. The highest BCUT2D eigenvalue weighted by molar-refractivity contribution is 14.1. The van der Waals surface area contributed by atoms with Gasteiger partial charge >= 0.3 is 0 Å². The molecule has 5 heteroatoms. The molecule has 0 bridgehead atoms. The van der Waals surface area contributed by atoms with Gasteiger partial charge < -0.3 is 5.32 Å². The predicted molar refractivity (Wildman–Crippen MR) is 78.2 cm³/mol. The Kier molecular flexibility index (Phi) is 4.71. The third-order valence-corrected chi connectivity index (χ3v) is 3.12. The van der Waals surface area contributed by atoms with Gasteiger partial charge in [0.25, 0.3) is 0 Å². The van der Waals surface area contributed by atoms with Gasteiger partial charge in [-0.1, -0.05) is 13.0 Å². The van der Waals surface area contributed by atoms with Crippen LogP contribution in [0.3, 0.4) is 0 Å². The number of nitrogens with zero attached hydrogens (tertiary/aromatic N) is 2. The van der Waals surface area contributed by atoms with Gasteiger partial charge in [0.1, 0.15) is 11.5 Å². The third kappa shape index (κ3) is 3.29. The maximum Gasteiger partial charge on any atom is 0.149 e. The number of hydrogen-bond acceptors (Lipinski definition) is 2. The summed E-state index contributed by atoms with van der Waals surface area (Å²) in [5.41, 5.74) is 1.43. The molecule has 0 radical (unpaired) electrons. The van der Waals surface area contributed by atoms with Crippen LogP contribution < -0.4 is 5.32 Å². The minimum Gasteiger partial charge on any atom is -0.313 e. The van der Waals surface area contributed by atoms with Crippen molar-refractivity contribution in [2.75, 3.05) is 6.54 Å². The lowest BCUT2D eigenvalue weighted by Gasteiger charge is -2.07. The van der Waals surface area contributed by atoms with E-state index in [1.165, 1.54) is 0 Å². The number of rotatable bonds is 5. The minimum atomic E-state index is -0.245. The Labute approximate surface area is 120 Å². The number of benzene rings is 1. The van der Waals surface area contributed by atoms with Crippen LogP contribution in [-0.2, 0) is 6.54 Å². The Morgan fingerprint density at radius 1 is 1.44 bits per heavy atom. The Hall–Kier alpha value is -0.950. The van der Waals surface area contributed by atoms with Crippen LogP contribution in [0.4, 0.5) is 4.39 Å². The van der Waals surface area contributed by atoms with Crippen LogP contribution in [0.25, 0.3) is 5.69 Å². The van der Waals surface area contributed by atoms with Gasteiger partial charge in [-0.2, -0.15) is 5.10 Å². The molecule has 0 saturated heterocycles. The summed E-state index contributed by atoms with van der Waals surface area (Å²) in [5, 5.41) is 7.36. The van der Waals surface area contributed by atoms with Crippen LogP contribution in [0.1, 0.15) is 18.9 Å². The van der Waals surface area contributed by atoms with Gasteiger partial charge in [-0.25, -0.2) is 9.07 Å². The summed E-state index contributed by atoms with van der Waals surface area (Å²) in [6, 6.07) is 5.25. The molecule has 0 atom stereocenters. The van der Waals surface area contributed by atoms with E-state index in [0.29, 0.717) is 12.2 Å². The molecule has 1 aromatic carbocycles. The van der Waals surface area contributed by atoms with Gasteiger partial charge in [0.2, 0.25) is 0 Å². The smallest absolute Gasteiger partial charge is 0.149 e. The zero-order valence-electron chi connectivity index (χ0n) is 10.2. The van der Waals surface area contributed by atoms with Gasteiger partial charge in [-0.3, -0.25) is 0 Å².